The number of hydrogen-bond donors (Lipinski definition) is 1. The molecule has 0 spiro atoms. The van der Waals surface area contributed by atoms with Crippen molar-refractivity contribution in [1.29, 1.82) is 0 Å². The van der Waals surface area contributed by atoms with E-state index in [1.165, 1.54) is 18.1 Å². The maximum absolute atomic E-state index is 15.0. The van der Waals surface area contributed by atoms with E-state index < -0.39 is 35.0 Å². The van der Waals surface area contributed by atoms with Gasteiger partial charge in [-0.1, -0.05) is 102 Å². The number of aromatic hydroxyl groups is 1. The number of fused-ring (bicyclic) bond motifs is 4. The van der Waals surface area contributed by atoms with Gasteiger partial charge >= 0.3 is 0 Å². The van der Waals surface area contributed by atoms with Gasteiger partial charge in [0.25, 0.3) is 0 Å². The molecule has 4 aromatic carbocycles. The van der Waals surface area contributed by atoms with Crippen LogP contribution in [0, 0.1) is 29.6 Å². The molecule has 51 heavy (non-hydrogen) atoms. The standard InChI is InChI=1S/C43H34ClNO6/c1-51-37-22-25(13-21-36(37)46)12-20-34-30-18-19-31-39(42(50)45(41(31)49)29-16-14-28(44)15-17-29)33(30)23-35-40(48)32(26-8-4-2-5-9-26)24-38(47)43(34,35)27-10-6-3-7-11-27/h2-18,20-22,24,31,33-35,39,46H,19,23H2,1H3/t31-,33+,34-,35-,39-,43-/m0/s1. The number of methoxy groups -OCH3 is 1. The fourth-order valence-electron chi connectivity index (χ4n) is 8.97. The van der Waals surface area contributed by atoms with Gasteiger partial charge in [-0.2, -0.15) is 0 Å². The van der Waals surface area contributed by atoms with E-state index in [0.717, 1.165) is 11.1 Å². The molecule has 2 fully saturated rings. The Morgan fingerprint density at radius 1 is 0.863 bits per heavy atom. The number of phenolic OH excluding ortho intramolecular Hbond substituents is 1. The summed E-state index contributed by atoms with van der Waals surface area (Å²) in [6.45, 7) is 0. The summed E-state index contributed by atoms with van der Waals surface area (Å²) in [7, 11) is 1.47. The number of Topliss-reactive ketones (excluding diaryl/α,β-unsaturated/α-hetero) is 1. The molecule has 8 heteroatoms. The minimum Gasteiger partial charge on any atom is -0.504 e. The number of rotatable bonds is 6. The third-order valence-corrected chi connectivity index (χ3v) is 11.5. The molecule has 1 saturated heterocycles. The number of ketones is 2. The predicted molar refractivity (Wildman–Crippen MR) is 195 cm³/mol. The molecule has 1 N–H and O–H groups in total. The first-order valence-electron chi connectivity index (χ1n) is 17.0. The Labute approximate surface area is 300 Å². The van der Waals surface area contributed by atoms with E-state index in [1.54, 1.807) is 42.5 Å². The van der Waals surface area contributed by atoms with Crippen LogP contribution in [-0.4, -0.2) is 35.6 Å². The van der Waals surface area contributed by atoms with Crippen LogP contribution in [0.4, 0.5) is 5.69 Å². The van der Waals surface area contributed by atoms with E-state index in [2.05, 4.69) is 0 Å². The van der Waals surface area contributed by atoms with Gasteiger partial charge < -0.3 is 9.84 Å². The van der Waals surface area contributed by atoms with Crippen LogP contribution in [0.1, 0.15) is 29.5 Å². The second kappa shape index (κ2) is 12.7. The number of nitrogens with zero attached hydrogens (tertiary/aromatic N) is 1. The molecule has 4 aliphatic rings. The Bertz CT molecular complexity index is 2170. The lowest BCUT2D eigenvalue weighted by molar-refractivity contribution is -0.135. The molecule has 4 aromatic rings. The highest BCUT2D eigenvalue weighted by Crippen LogP contribution is 2.61. The molecule has 1 heterocycles. The number of carbonyl (C=O) groups excluding carboxylic acids is 4. The van der Waals surface area contributed by atoms with Crippen LogP contribution < -0.4 is 9.64 Å². The number of allylic oxidation sites excluding steroid dienone is 5. The van der Waals surface area contributed by atoms with Gasteiger partial charge in [-0.05, 0) is 77.9 Å². The van der Waals surface area contributed by atoms with Crippen LogP contribution >= 0.6 is 11.6 Å². The molecule has 254 valence electrons. The predicted octanol–water partition coefficient (Wildman–Crippen LogP) is 7.63. The number of halogens is 1. The fourth-order valence-corrected chi connectivity index (χ4v) is 9.10. The third kappa shape index (κ3) is 5.10. The number of amides is 2. The molecular weight excluding hydrogens is 662 g/mol. The Hall–Kier alpha value is -5.53. The first-order chi connectivity index (χ1) is 24.7. The van der Waals surface area contributed by atoms with E-state index in [0.29, 0.717) is 39.6 Å². The monoisotopic (exact) mass is 695 g/mol. The van der Waals surface area contributed by atoms with Crippen LogP contribution in [0.15, 0.2) is 127 Å². The van der Waals surface area contributed by atoms with E-state index in [4.69, 9.17) is 16.3 Å². The van der Waals surface area contributed by atoms with Crippen molar-refractivity contribution in [1.82, 2.24) is 0 Å². The second-order valence-electron chi connectivity index (χ2n) is 13.6. The minimum atomic E-state index is -1.31. The summed E-state index contributed by atoms with van der Waals surface area (Å²) in [5, 5.41) is 10.8. The zero-order valence-corrected chi connectivity index (χ0v) is 28.5. The summed E-state index contributed by atoms with van der Waals surface area (Å²) in [6, 6.07) is 30.3. The van der Waals surface area contributed by atoms with E-state index in [1.807, 2.05) is 78.9 Å². The van der Waals surface area contributed by atoms with E-state index in [9.17, 15) is 19.5 Å². The quantitative estimate of drug-likeness (QED) is 0.165. The number of phenols is 1. The number of ether oxygens (including phenoxy) is 1. The Morgan fingerprint density at radius 2 is 1.57 bits per heavy atom. The molecular formula is C43H34ClNO6. The minimum absolute atomic E-state index is 0.00415. The summed E-state index contributed by atoms with van der Waals surface area (Å²) in [6.07, 6.45) is 7.91. The molecule has 0 unspecified atom stereocenters. The van der Waals surface area contributed by atoms with Gasteiger partial charge in [0.2, 0.25) is 11.8 Å². The van der Waals surface area contributed by atoms with Crippen LogP contribution in [0.2, 0.25) is 5.02 Å². The summed E-state index contributed by atoms with van der Waals surface area (Å²) in [5.41, 5.74) is 2.45. The third-order valence-electron chi connectivity index (χ3n) is 11.2. The summed E-state index contributed by atoms with van der Waals surface area (Å²) in [5.74, 6) is -3.90. The SMILES string of the molecule is COc1cc(C=C[C@H]2C3=CC[C@@H]4C(=O)N(c5ccc(Cl)cc5)C(=O)[C@@H]4[C@@H]3C[C@H]3C(=O)C(c4ccccc4)=CC(=O)[C@@]23c2ccccc2)ccc1O. The number of hydrogen-bond acceptors (Lipinski definition) is 6. The highest BCUT2D eigenvalue weighted by Gasteiger charge is 2.65. The second-order valence-corrected chi connectivity index (χ2v) is 14.0. The number of imide groups is 1. The van der Waals surface area contributed by atoms with Crippen molar-refractivity contribution in [3.63, 3.8) is 0 Å². The maximum atomic E-state index is 15.0. The Morgan fingerprint density at radius 3 is 2.27 bits per heavy atom. The van der Waals surface area contributed by atoms with E-state index >= 15 is 4.79 Å². The zero-order chi connectivity index (χ0) is 35.4. The average molecular weight is 696 g/mol. The Kier molecular flexibility index (Phi) is 8.11. The van der Waals surface area contributed by atoms with Crippen molar-refractivity contribution in [2.45, 2.75) is 18.3 Å². The van der Waals surface area contributed by atoms with Crippen molar-refractivity contribution in [3.8, 4) is 11.5 Å². The first kappa shape index (κ1) is 32.7. The van der Waals surface area contributed by atoms with Crippen molar-refractivity contribution >= 4 is 52.3 Å². The maximum Gasteiger partial charge on any atom is 0.238 e. The van der Waals surface area contributed by atoms with Crippen LogP contribution in [0.3, 0.4) is 0 Å². The molecule has 1 aliphatic heterocycles. The average Bonchev–Trinajstić information content (AvgIpc) is 3.42. The van der Waals surface area contributed by atoms with Crippen LogP contribution in [0.5, 0.6) is 11.5 Å². The number of anilines is 1. The molecule has 6 atom stereocenters. The molecule has 1 saturated carbocycles. The van der Waals surface area contributed by atoms with Gasteiger partial charge in [0.15, 0.2) is 23.1 Å². The zero-order valence-electron chi connectivity index (χ0n) is 27.7. The molecule has 3 aliphatic carbocycles. The van der Waals surface area contributed by atoms with E-state index in [-0.39, 0.29) is 35.6 Å². The molecule has 0 aromatic heterocycles. The lowest BCUT2D eigenvalue weighted by atomic mass is 9.45. The first-order valence-corrected chi connectivity index (χ1v) is 17.4. The molecule has 0 bridgehead atoms. The highest BCUT2D eigenvalue weighted by molar-refractivity contribution is 6.32. The molecule has 7 nitrogen and oxygen atoms in total. The highest BCUT2D eigenvalue weighted by atomic mass is 35.5. The van der Waals surface area contributed by atoms with Gasteiger partial charge in [-0.3, -0.25) is 24.1 Å². The van der Waals surface area contributed by atoms with Crippen molar-refractivity contribution in [2.24, 2.45) is 29.6 Å². The van der Waals surface area contributed by atoms with Gasteiger partial charge in [0, 0.05) is 22.4 Å². The summed E-state index contributed by atoms with van der Waals surface area (Å²) in [4.78, 5) is 59.7. The van der Waals surface area contributed by atoms with Crippen LogP contribution in [0.25, 0.3) is 11.6 Å². The summed E-state index contributed by atoms with van der Waals surface area (Å²) < 4.78 is 5.36. The lowest BCUT2D eigenvalue weighted by Gasteiger charge is -2.54. The summed E-state index contributed by atoms with van der Waals surface area (Å²) >= 11 is 6.14. The van der Waals surface area contributed by atoms with Gasteiger partial charge in [-0.15, -0.1) is 0 Å². The number of benzene rings is 4. The van der Waals surface area contributed by atoms with Crippen molar-refractivity contribution in [2.75, 3.05) is 12.0 Å². The van der Waals surface area contributed by atoms with Gasteiger partial charge in [0.05, 0.1) is 30.0 Å². The van der Waals surface area contributed by atoms with Crippen LogP contribution in [-0.2, 0) is 24.6 Å². The van der Waals surface area contributed by atoms with Crippen molar-refractivity contribution < 1.29 is 29.0 Å². The lowest BCUT2D eigenvalue weighted by Crippen LogP contribution is -2.59. The van der Waals surface area contributed by atoms with Crippen molar-refractivity contribution in [3.05, 3.63) is 149 Å². The molecule has 0 radical (unpaired) electrons. The topological polar surface area (TPSA) is 101 Å². The molecule has 8 rings (SSSR count). The molecule has 2 amide bonds. The number of carbonyl (C=O) groups is 4. The smallest absolute Gasteiger partial charge is 0.238 e. The normalized spacial score (nSPS) is 27.1. The van der Waals surface area contributed by atoms with Gasteiger partial charge in [-0.25, -0.2) is 0 Å². The largest absolute Gasteiger partial charge is 0.504 e. The fraction of sp³-hybridized carbons (Fsp3) is 0.209. The van der Waals surface area contributed by atoms with Gasteiger partial charge in [0.1, 0.15) is 0 Å². The Balaban J connectivity index is 1.32.